The number of aliphatic hydroxyl groups excluding tert-OH is 1. The summed E-state index contributed by atoms with van der Waals surface area (Å²) in [4.78, 5) is 17.7. The number of carbonyl (C=O) groups is 1. The zero-order valence-electron chi connectivity index (χ0n) is 9.90. The summed E-state index contributed by atoms with van der Waals surface area (Å²) in [7, 11) is 0. The van der Waals surface area contributed by atoms with Crippen LogP contribution in [-0.2, 0) is 9.63 Å². The molecule has 4 rings (SSSR count). The van der Waals surface area contributed by atoms with E-state index in [9.17, 15) is 9.90 Å². The summed E-state index contributed by atoms with van der Waals surface area (Å²) < 4.78 is 0. The van der Waals surface area contributed by atoms with Crippen LogP contribution in [-0.4, -0.2) is 28.2 Å². The van der Waals surface area contributed by atoms with Gasteiger partial charge < -0.3 is 5.11 Å². The fourth-order valence-electron chi connectivity index (χ4n) is 2.40. The van der Waals surface area contributed by atoms with E-state index in [0.29, 0.717) is 5.56 Å². The molecule has 4 nitrogen and oxygen atoms in total. The van der Waals surface area contributed by atoms with Gasteiger partial charge in [0.15, 0.2) is 6.10 Å². The second-order valence-electron chi connectivity index (χ2n) is 4.65. The molecule has 18 heavy (non-hydrogen) atoms. The van der Waals surface area contributed by atoms with Gasteiger partial charge in [-0.1, -0.05) is 42.5 Å². The largest absolute Gasteiger partial charge is 0.378 e. The minimum atomic E-state index is -1.15. The Morgan fingerprint density at radius 1 is 1.28 bits per heavy atom. The number of carbonyl (C=O) groups excluding carboxylic acids is 1. The van der Waals surface area contributed by atoms with Crippen LogP contribution in [0.15, 0.2) is 42.5 Å². The van der Waals surface area contributed by atoms with Crippen LogP contribution in [0.5, 0.6) is 0 Å². The van der Waals surface area contributed by atoms with Gasteiger partial charge in [-0.25, -0.2) is 5.06 Å². The molecule has 0 saturated carbocycles. The molecule has 1 aromatic rings. The molecule has 2 aliphatic heterocycles. The highest BCUT2D eigenvalue weighted by Crippen LogP contribution is 2.29. The number of nitrogens with zero attached hydrogens (tertiary/aromatic N) is 1. The molecule has 0 spiro atoms. The second kappa shape index (κ2) is 4.55. The van der Waals surface area contributed by atoms with Gasteiger partial charge in [-0.05, 0) is 18.4 Å². The first-order valence-corrected chi connectivity index (χ1v) is 6.17. The molecule has 1 N–H and O–H groups in total. The minimum Gasteiger partial charge on any atom is -0.378 e. The van der Waals surface area contributed by atoms with Gasteiger partial charge in [0.2, 0.25) is 0 Å². The van der Waals surface area contributed by atoms with E-state index in [1.165, 1.54) is 5.06 Å². The Labute approximate surface area is 105 Å². The number of fused-ring (bicyclic) bond motifs is 2. The van der Waals surface area contributed by atoms with E-state index in [1.54, 1.807) is 24.3 Å². The number of hydroxylamine groups is 2. The van der Waals surface area contributed by atoms with Crippen molar-refractivity contribution >= 4 is 5.91 Å². The Balaban J connectivity index is 1.77. The Morgan fingerprint density at radius 3 is 2.61 bits per heavy atom. The maximum atomic E-state index is 12.2. The summed E-state index contributed by atoms with van der Waals surface area (Å²) in [5, 5.41) is 11.4. The van der Waals surface area contributed by atoms with Crippen LogP contribution in [0.4, 0.5) is 0 Å². The molecule has 2 heterocycles. The second-order valence-corrected chi connectivity index (χ2v) is 4.65. The van der Waals surface area contributed by atoms with E-state index in [2.05, 4.69) is 0 Å². The molecule has 4 heteroatoms. The van der Waals surface area contributed by atoms with Gasteiger partial charge in [0.25, 0.3) is 5.91 Å². The van der Waals surface area contributed by atoms with Gasteiger partial charge in [0.1, 0.15) is 6.10 Å². The lowest BCUT2D eigenvalue weighted by Crippen LogP contribution is -2.50. The van der Waals surface area contributed by atoms with Crippen LogP contribution in [0.2, 0.25) is 0 Å². The SMILES string of the molecule is O=C([C@H](O)c1ccccc1)N1O[C@H]2C=C[C@@H]1CC2. The number of rotatable bonds is 2. The lowest BCUT2D eigenvalue weighted by atomic mass is 9.97. The normalized spacial score (nSPS) is 27.3. The highest BCUT2D eigenvalue weighted by molar-refractivity contribution is 5.81. The molecular weight excluding hydrogens is 230 g/mol. The molecule has 3 aliphatic rings. The zero-order valence-corrected chi connectivity index (χ0v) is 9.90. The molecule has 1 aromatic carbocycles. The standard InChI is InChI=1S/C14H15NO3/c16-13(10-4-2-1-3-5-10)14(17)15-11-6-8-12(18-15)9-7-11/h1-6,8,11-13,16H,7,9H2/t11-,12+,13-/m1/s1. The van der Waals surface area contributed by atoms with Crippen LogP contribution in [0.1, 0.15) is 24.5 Å². The Bertz CT molecular complexity index is 471. The molecule has 1 aliphatic carbocycles. The zero-order chi connectivity index (χ0) is 12.5. The fraction of sp³-hybridized carbons (Fsp3) is 0.357. The van der Waals surface area contributed by atoms with Crippen LogP contribution in [0.3, 0.4) is 0 Å². The smallest absolute Gasteiger partial charge is 0.280 e. The quantitative estimate of drug-likeness (QED) is 0.805. The average molecular weight is 245 g/mol. The van der Waals surface area contributed by atoms with Crippen LogP contribution >= 0.6 is 0 Å². The molecular formula is C14H15NO3. The molecule has 0 unspecified atom stereocenters. The first kappa shape index (κ1) is 11.4. The van der Waals surface area contributed by atoms with Gasteiger partial charge in [0.05, 0.1) is 6.04 Å². The first-order valence-electron chi connectivity index (χ1n) is 6.17. The summed E-state index contributed by atoms with van der Waals surface area (Å²) in [6.07, 6.45) is 4.61. The maximum Gasteiger partial charge on any atom is 0.280 e. The van der Waals surface area contributed by atoms with Crippen molar-refractivity contribution in [2.75, 3.05) is 0 Å². The van der Waals surface area contributed by atoms with Crippen LogP contribution in [0.25, 0.3) is 0 Å². The van der Waals surface area contributed by atoms with Crippen molar-refractivity contribution in [2.24, 2.45) is 0 Å². The molecule has 3 atom stereocenters. The molecule has 0 aromatic heterocycles. The lowest BCUT2D eigenvalue weighted by molar-refractivity contribution is -0.236. The molecule has 94 valence electrons. The number of hydrogen-bond donors (Lipinski definition) is 1. The number of aliphatic hydroxyl groups is 1. The van der Waals surface area contributed by atoms with E-state index < -0.39 is 6.10 Å². The molecule has 1 amide bonds. The van der Waals surface area contributed by atoms with E-state index in [0.717, 1.165) is 12.8 Å². The van der Waals surface area contributed by atoms with Gasteiger partial charge in [-0.3, -0.25) is 9.63 Å². The third-order valence-corrected chi connectivity index (χ3v) is 3.41. The third kappa shape index (κ3) is 1.94. The molecule has 1 saturated heterocycles. The van der Waals surface area contributed by atoms with Gasteiger partial charge in [-0.15, -0.1) is 0 Å². The molecule has 0 radical (unpaired) electrons. The lowest BCUT2D eigenvalue weighted by Gasteiger charge is -2.40. The van der Waals surface area contributed by atoms with Crippen molar-refractivity contribution in [2.45, 2.75) is 31.1 Å². The van der Waals surface area contributed by atoms with Gasteiger partial charge >= 0.3 is 0 Å². The van der Waals surface area contributed by atoms with E-state index >= 15 is 0 Å². The summed E-state index contributed by atoms with van der Waals surface area (Å²) in [5.41, 5.74) is 0.594. The summed E-state index contributed by atoms with van der Waals surface area (Å²) in [5.74, 6) is -0.389. The topological polar surface area (TPSA) is 49.8 Å². The fourth-order valence-corrected chi connectivity index (χ4v) is 2.40. The third-order valence-electron chi connectivity index (χ3n) is 3.41. The van der Waals surface area contributed by atoms with Crippen molar-refractivity contribution in [3.63, 3.8) is 0 Å². The number of amides is 1. The maximum absolute atomic E-state index is 12.2. The minimum absolute atomic E-state index is 0.0260. The van der Waals surface area contributed by atoms with Crippen molar-refractivity contribution in [1.82, 2.24) is 5.06 Å². The number of benzene rings is 1. The van der Waals surface area contributed by atoms with Crippen molar-refractivity contribution in [3.05, 3.63) is 48.0 Å². The highest BCUT2D eigenvalue weighted by Gasteiger charge is 2.37. The van der Waals surface area contributed by atoms with E-state index in [-0.39, 0.29) is 18.1 Å². The van der Waals surface area contributed by atoms with Gasteiger partial charge in [0, 0.05) is 0 Å². The monoisotopic (exact) mass is 245 g/mol. The van der Waals surface area contributed by atoms with Crippen molar-refractivity contribution < 1.29 is 14.7 Å². The molecule has 2 bridgehead atoms. The Hall–Kier alpha value is -1.65. The van der Waals surface area contributed by atoms with Crippen molar-refractivity contribution in [1.29, 1.82) is 0 Å². The van der Waals surface area contributed by atoms with E-state index in [1.807, 2.05) is 18.2 Å². The van der Waals surface area contributed by atoms with Gasteiger partial charge in [-0.2, -0.15) is 0 Å². The van der Waals surface area contributed by atoms with Crippen LogP contribution in [0, 0.1) is 0 Å². The summed E-state index contributed by atoms with van der Waals surface area (Å²) in [6.45, 7) is 0. The highest BCUT2D eigenvalue weighted by atomic mass is 16.7. The molecule has 1 fully saturated rings. The first-order chi connectivity index (χ1) is 8.75. The predicted molar refractivity (Wildman–Crippen MR) is 65.3 cm³/mol. The van der Waals surface area contributed by atoms with Crippen LogP contribution < -0.4 is 0 Å². The average Bonchev–Trinajstić information content (AvgIpc) is 2.48. The van der Waals surface area contributed by atoms with Crippen molar-refractivity contribution in [3.8, 4) is 0 Å². The Morgan fingerprint density at radius 2 is 2.06 bits per heavy atom. The summed E-state index contributed by atoms with van der Waals surface area (Å²) >= 11 is 0. The summed E-state index contributed by atoms with van der Waals surface area (Å²) in [6, 6.07) is 8.88. The number of hydrogen-bond acceptors (Lipinski definition) is 3. The van der Waals surface area contributed by atoms with E-state index in [4.69, 9.17) is 4.84 Å². The Kier molecular flexibility index (Phi) is 2.89. The predicted octanol–water partition coefficient (Wildman–Crippen LogP) is 1.58.